The summed E-state index contributed by atoms with van der Waals surface area (Å²) in [5.74, 6) is -3.43. The van der Waals surface area contributed by atoms with Crippen molar-refractivity contribution in [2.45, 2.75) is 95.0 Å². The van der Waals surface area contributed by atoms with E-state index in [9.17, 15) is 39.0 Å². The minimum atomic E-state index is -1.18. The third kappa shape index (κ3) is 11.2. The standard InChI is InChI=1S/C38H52N6O8S/c1-23(2)32(38(51)52)42-33(46)28(17-20-53-3)40-34(47)31-12-8-19-44(31)37(50)29(22-24-9-5-4-6-10-24)41-35(48)30-11-7-18-43(30)36(49)27(39)21-25-13-15-26(45)16-14-25/h4-6,9-10,13-16,23,27-32,45H,7-8,11-12,17-22,39H2,1-3H3,(H,40,47)(H,41,48)(H,42,46)(H,51,52)/t27-,28-,29-,30-,31-,32-/m0/s1. The van der Waals surface area contributed by atoms with Crippen LogP contribution in [0.1, 0.15) is 57.1 Å². The van der Waals surface area contributed by atoms with Gasteiger partial charge in [-0.25, -0.2) is 4.79 Å². The van der Waals surface area contributed by atoms with Crippen molar-refractivity contribution in [2.75, 3.05) is 25.1 Å². The van der Waals surface area contributed by atoms with Gasteiger partial charge in [-0.15, -0.1) is 0 Å². The Morgan fingerprint density at radius 3 is 1.89 bits per heavy atom. The molecule has 0 aromatic heterocycles. The molecule has 2 aromatic rings. The van der Waals surface area contributed by atoms with Crippen molar-refractivity contribution in [2.24, 2.45) is 11.7 Å². The molecule has 7 N–H and O–H groups in total. The Balaban J connectivity index is 1.49. The molecule has 0 aliphatic carbocycles. The number of hydrogen-bond donors (Lipinski definition) is 6. The molecule has 2 fully saturated rings. The van der Waals surface area contributed by atoms with Crippen molar-refractivity contribution in [1.29, 1.82) is 0 Å². The number of hydrogen-bond acceptors (Lipinski definition) is 9. The lowest BCUT2D eigenvalue weighted by Gasteiger charge is -2.32. The smallest absolute Gasteiger partial charge is 0.326 e. The molecule has 0 spiro atoms. The van der Waals surface area contributed by atoms with Gasteiger partial charge in [-0.05, 0) is 79.7 Å². The number of carboxylic acids is 1. The highest BCUT2D eigenvalue weighted by Gasteiger charge is 2.42. The highest BCUT2D eigenvalue weighted by atomic mass is 32.2. The third-order valence-corrected chi connectivity index (χ3v) is 10.4. The number of carbonyl (C=O) groups excluding carboxylic acids is 5. The van der Waals surface area contributed by atoms with Gasteiger partial charge in [0.25, 0.3) is 0 Å². The van der Waals surface area contributed by atoms with Gasteiger partial charge in [0.2, 0.25) is 29.5 Å². The number of aromatic hydroxyl groups is 1. The number of nitrogens with two attached hydrogens (primary N) is 1. The molecular weight excluding hydrogens is 701 g/mol. The first-order valence-corrected chi connectivity index (χ1v) is 19.5. The summed E-state index contributed by atoms with van der Waals surface area (Å²) in [4.78, 5) is 83.4. The highest BCUT2D eigenvalue weighted by molar-refractivity contribution is 7.98. The van der Waals surface area contributed by atoms with Crippen molar-refractivity contribution < 1.29 is 39.0 Å². The Morgan fingerprint density at radius 2 is 1.34 bits per heavy atom. The van der Waals surface area contributed by atoms with E-state index in [4.69, 9.17) is 5.73 Å². The average Bonchev–Trinajstić information content (AvgIpc) is 3.83. The topological polar surface area (TPSA) is 211 Å². The number of carbonyl (C=O) groups is 6. The summed E-state index contributed by atoms with van der Waals surface area (Å²) in [6.45, 7) is 3.95. The van der Waals surface area contributed by atoms with Crippen LogP contribution in [0.25, 0.3) is 0 Å². The number of rotatable bonds is 17. The fourth-order valence-electron chi connectivity index (χ4n) is 6.85. The second-order valence-electron chi connectivity index (χ2n) is 14.0. The number of likely N-dealkylation sites (tertiary alicyclic amines) is 2. The number of phenolic OH excluding ortho intramolecular Hbond substituents is 1. The minimum Gasteiger partial charge on any atom is -0.508 e. The summed E-state index contributed by atoms with van der Waals surface area (Å²) >= 11 is 1.48. The summed E-state index contributed by atoms with van der Waals surface area (Å²) in [6, 6.07) is 9.69. The maximum atomic E-state index is 14.3. The Kier molecular flexibility index (Phi) is 15.1. The molecule has 53 heavy (non-hydrogen) atoms. The molecule has 14 nitrogen and oxygen atoms in total. The normalized spacial score (nSPS) is 19.3. The Bertz CT molecular complexity index is 1590. The van der Waals surface area contributed by atoms with Crippen molar-refractivity contribution in [3.05, 3.63) is 65.7 Å². The lowest BCUT2D eigenvalue weighted by Crippen LogP contribution is -2.59. The van der Waals surface area contributed by atoms with Crippen LogP contribution in [-0.4, -0.2) is 117 Å². The van der Waals surface area contributed by atoms with E-state index in [2.05, 4.69) is 16.0 Å². The van der Waals surface area contributed by atoms with E-state index in [0.29, 0.717) is 38.0 Å². The van der Waals surface area contributed by atoms with Crippen LogP contribution in [0.4, 0.5) is 0 Å². The van der Waals surface area contributed by atoms with E-state index in [1.165, 1.54) is 33.7 Å². The van der Waals surface area contributed by atoms with Crippen LogP contribution in [-0.2, 0) is 41.6 Å². The molecule has 2 saturated heterocycles. The van der Waals surface area contributed by atoms with Crippen LogP contribution < -0.4 is 21.7 Å². The van der Waals surface area contributed by atoms with Crippen LogP contribution >= 0.6 is 11.8 Å². The number of carboxylic acid groups (broad SMARTS) is 1. The van der Waals surface area contributed by atoms with E-state index in [1.54, 1.807) is 26.0 Å². The van der Waals surface area contributed by atoms with Crippen LogP contribution in [0, 0.1) is 5.92 Å². The van der Waals surface area contributed by atoms with Crippen molar-refractivity contribution in [3.63, 3.8) is 0 Å². The number of amides is 5. The quantitative estimate of drug-likeness (QED) is 0.137. The average molecular weight is 753 g/mol. The monoisotopic (exact) mass is 752 g/mol. The van der Waals surface area contributed by atoms with Gasteiger partial charge >= 0.3 is 5.97 Å². The number of phenols is 1. The molecule has 0 bridgehead atoms. The van der Waals surface area contributed by atoms with Crippen LogP contribution in [0.5, 0.6) is 5.75 Å². The predicted molar refractivity (Wildman–Crippen MR) is 201 cm³/mol. The summed E-state index contributed by atoms with van der Waals surface area (Å²) in [5.41, 5.74) is 7.85. The molecule has 0 radical (unpaired) electrons. The van der Waals surface area contributed by atoms with Gasteiger partial charge in [-0.3, -0.25) is 24.0 Å². The number of nitrogens with zero attached hydrogens (tertiary/aromatic N) is 2. The van der Waals surface area contributed by atoms with E-state index in [1.807, 2.05) is 36.6 Å². The van der Waals surface area contributed by atoms with Gasteiger partial charge < -0.3 is 41.7 Å². The molecule has 2 aromatic carbocycles. The third-order valence-electron chi connectivity index (χ3n) is 9.76. The maximum Gasteiger partial charge on any atom is 0.326 e. The lowest BCUT2D eigenvalue weighted by molar-refractivity contribution is -0.145. The first-order chi connectivity index (χ1) is 25.3. The zero-order valence-corrected chi connectivity index (χ0v) is 31.3. The zero-order chi connectivity index (χ0) is 38.7. The summed E-state index contributed by atoms with van der Waals surface area (Å²) in [6.07, 6.45) is 4.31. The fourth-order valence-corrected chi connectivity index (χ4v) is 7.32. The Hall–Kier alpha value is -4.63. The number of aliphatic carboxylic acids is 1. The molecule has 4 rings (SSSR count). The summed E-state index contributed by atoms with van der Waals surface area (Å²) in [7, 11) is 0. The van der Waals surface area contributed by atoms with Gasteiger partial charge in [0.15, 0.2) is 0 Å². The molecule has 5 amide bonds. The van der Waals surface area contributed by atoms with Crippen LogP contribution in [0.2, 0.25) is 0 Å². The van der Waals surface area contributed by atoms with Gasteiger partial charge in [-0.2, -0.15) is 11.8 Å². The first-order valence-electron chi connectivity index (χ1n) is 18.1. The summed E-state index contributed by atoms with van der Waals surface area (Å²) in [5, 5.41) is 27.4. The van der Waals surface area contributed by atoms with Crippen molar-refractivity contribution in [1.82, 2.24) is 25.8 Å². The van der Waals surface area contributed by atoms with Crippen LogP contribution in [0.3, 0.4) is 0 Å². The second kappa shape index (κ2) is 19.4. The van der Waals surface area contributed by atoms with Gasteiger partial charge in [0.05, 0.1) is 6.04 Å². The molecule has 0 unspecified atom stereocenters. The van der Waals surface area contributed by atoms with Crippen molar-refractivity contribution in [3.8, 4) is 5.75 Å². The fraction of sp³-hybridized carbons (Fsp3) is 0.526. The second-order valence-corrected chi connectivity index (χ2v) is 15.0. The van der Waals surface area contributed by atoms with Gasteiger partial charge in [0.1, 0.15) is 36.0 Å². The minimum absolute atomic E-state index is 0.0981. The molecule has 288 valence electrons. The number of thioether (sulfide) groups is 1. The lowest BCUT2D eigenvalue weighted by atomic mass is 10.0. The Morgan fingerprint density at radius 1 is 0.792 bits per heavy atom. The molecule has 6 atom stereocenters. The van der Waals surface area contributed by atoms with E-state index in [0.717, 1.165) is 11.1 Å². The largest absolute Gasteiger partial charge is 0.508 e. The molecule has 2 aliphatic rings. The van der Waals surface area contributed by atoms with Gasteiger partial charge in [0, 0.05) is 19.5 Å². The van der Waals surface area contributed by atoms with E-state index < -0.39 is 65.8 Å². The van der Waals surface area contributed by atoms with Crippen molar-refractivity contribution >= 4 is 47.3 Å². The first kappa shape index (κ1) is 41.1. The Labute approximate surface area is 314 Å². The highest BCUT2D eigenvalue weighted by Crippen LogP contribution is 2.23. The predicted octanol–water partition coefficient (Wildman–Crippen LogP) is 1.43. The molecule has 0 saturated carbocycles. The summed E-state index contributed by atoms with van der Waals surface area (Å²) < 4.78 is 0. The van der Waals surface area contributed by atoms with E-state index in [-0.39, 0.29) is 43.4 Å². The number of benzene rings is 2. The van der Waals surface area contributed by atoms with Crippen LogP contribution in [0.15, 0.2) is 54.6 Å². The molecule has 15 heteroatoms. The molecular formula is C38H52N6O8S. The SMILES string of the molecule is CSCC[C@H](NC(=O)[C@@H]1CCCN1C(=O)[C@H](Cc1ccccc1)NC(=O)[C@@H]1CCCN1C(=O)[C@@H](N)Cc1ccc(O)cc1)C(=O)N[C@H](C(=O)O)C(C)C. The molecule has 2 heterocycles. The van der Waals surface area contributed by atoms with Gasteiger partial charge in [-0.1, -0.05) is 56.3 Å². The zero-order valence-electron chi connectivity index (χ0n) is 30.5. The molecule has 2 aliphatic heterocycles. The maximum absolute atomic E-state index is 14.3. The van der Waals surface area contributed by atoms with E-state index >= 15 is 0 Å². The number of nitrogens with one attached hydrogen (secondary N) is 3.